The average molecular weight is 419 g/mol. The van der Waals surface area contributed by atoms with E-state index in [1.54, 1.807) is 43.0 Å². The topological polar surface area (TPSA) is 40.6 Å². The van der Waals surface area contributed by atoms with E-state index in [1.807, 2.05) is 36.4 Å². The molecule has 0 N–H and O–H groups in total. The summed E-state index contributed by atoms with van der Waals surface area (Å²) in [5, 5.41) is 0.376. The summed E-state index contributed by atoms with van der Waals surface area (Å²) in [6, 6.07) is 24.8. The highest BCUT2D eigenvalue weighted by Crippen LogP contribution is 2.36. The smallest absolute Gasteiger partial charge is 0.305 e. The summed E-state index contributed by atoms with van der Waals surface area (Å²) in [5.74, 6) is -0.277. The third-order valence-electron chi connectivity index (χ3n) is 5.60. The molecule has 3 amide bonds. The largest absolute Gasteiger partial charge is 0.332 e. The zero-order chi connectivity index (χ0) is 21.3. The van der Waals surface area contributed by atoms with Crippen molar-refractivity contribution >= 4 is 29.2 Å². The summed E-state index contributed by atoms with van der Waals surface area (Å²) in [5.41, 5.74) is 2.80. The molecule has 30 heavy (non-hydrogen) atoms. The first-order valence-electron chi connectivity index (χ1n) is 9.91. The van der Waals surface area contributed by atoms with Crippen molar-refractivity contribution in [1.82, 2.24) is 4.90 Å². The Balaban J connectivity index is 1.66. The number of rotatable bonds is 5. The molecule has 0 saturated carbocycles. The molecule has 1 fully saturated rings. The van der Waals surface area contributed by atoms with Crippen LogP contribution < -0.4 is 4.90 Å². The molecule has 1 saturated heterocycles. The second kappa shape index (κ2) is 7.96. The predicted octanol–water partition coefficient (Wildman–Crippen LogP) is 5.68. The van der Waals surface area contributed by atoms with Crippen molar-refractivity contribution in [2.45, 2.75) is 32.4 Å². The summed E-state index contributed by atoms with van der Waals surface area (Å²) in [6.07, 6.45) is 0.766. The van der Waals surface area contributed by atoms with Gasteiger partial charge in [0.1, 0.15) is 5.54 Å². The van der Waals surface area contributed by atoms with Gasteiger partial charge in [-0.15, -0.1) is 0 Å². The van der Waals surface area contributed by atoms with E-state index in [2.05, 4.69) is 18.2 Å². The molecule has 3 aromatic rings. The van der Waals surface area contributed by atoms with Gasteiger partial charge in [-0.05, 0) is 49.1 Å². The monoisotopic (exact) mass is 418 g/mol. The number of hydrogen-bond acceptors (Lipinski definition) is 2. The molecular formula is C25H23ClN2O2. The van der Waals surface area contributed by atoms with Gasteiger partial charge in [0.2, 0.25) is 0 Å². The Morgan fingerprint density at radius 1 is 0.800 bits per heavy atom. The minimum Gasteiger partial charge on any atom is -0.305 e. The van der Waals surface area contributed by atoms with Gasteiger partial charge in [0.25, 0.3) is 5.91 Å². The Labute approximate surface area is 181 Å². The van der Waals surface area contributed by atoms with Gasteiger partial charge in [-0.1, -0.05) is 78.3 Å². The molecule has 1 heterocycles. The van der Waals surface area contributed by atoms with Crippen LogP contribution in [0.5, 0.6) is 0 Å². The number of para-hydroxylation sites is 1. The molecule has 1 aliphatic rings. The van der Waals surface area contributed by atoms with Gasteiger partial charge in [0, 0.05) is 6.54 Å². The fraction of sp³-hybridized carbons (Fsp3) is 0.200. The lowest BCUT2D eigenvalue weighted by Gasteiger charge is -2.28. The number of hydrogen-bond donors (Lipinski definition) is 0. The highest BCUT2D eigenvalue weighted by atomic mass is 35.5. The lowest BCUT2D eigenvalue weighted by atomic mass is 9.97. The Hall–Kier alpha value is -3.11. The normalized spacial score (nSPS) is 15.7. The van der Waals surface area contributed by atoms with Crippen molar-refractivity contribution in [1.29, 1.82) is 0 Å². The minimum atomic E-state index is -0.976. The Morgan fingerprint density at radius 2 is 1.40 bits per heavy atom. The summed E-state index contributed by atoms with van der Waals surface area (Å²) in [4.78, 5) is 29.3. The van der Waals surface area contributed by atoms with E-state index in [-0.39, 0.29) is 11.9 Å². The van der Waals surface area contributed by atoms with Gasteiger partial charge >= 0.3 is 6.03 Å². The van der Waals surface area contributed by atoms with Crippen molar-refractivity contribution in [2.75, 3.05) is 4.90 Å². The van der Waals surface area contributed by atoms with Crippen LogP contribution in [-0.4, -0.2) is 22.4 Å². The minimum absolute atomic E-state index is 0.277. The van der Waals surface area contributed by atoms with Crippen LogP contribution in [0.25, 0.3) is 0 Å². The summed E-state index contributed by atoms with van der Waals surface area (Å²) >= 11 is 6.29. The number of amides is 3. The first-order chi connectivity index (χ1) is 14.4. The lowest BCUT2D eigenvalue weighted by molar-refractivity contribution is -0.123. The Bertz CT molecular complexity index is 1100. The molecule has 5 heteroatoms. The second-order valence-corrected chi connectivity index (χ2v) is 8.36. The van der Waals surface area contributed by atoms with E-state index in [0.717, 1.165) is 17.5 Å². The fourth-order valence-corrected chi connectivity index (χ4v) is 4.04. The van der Waals surface area contributed by atoms with Gasteiger partial charge in [-0.2, -0.15) is 0 Å². The fourth-order valence-electron chi connectivity index (χ4n) is 3.82. The van der Waals surface area contributed by atoms with Gasteiger partial charge in [0.05, 0.1) is 10.7 Å². The molecule has 1 aliphatic heterocycles. The third-order valence-corrected chi connectivity index (χ3v) is 5.92. The van der Waals surface area contributed by atoms with E-state index in [9.17, 15) is 9.59 Å². The van der Waals surface area contributed by atoms with Crippen LogP contribution >= 0.6 is 11.6 Å². The van der Waals surface area contributed by atoms with Crippen molar-refractivity contribution in [3.63, 3.8) is 0 Å². The molecule has 0 unspecified atom stereocenters. The van der Waals surface area contributed by atoms with Gasteiger partial charge in [0.15, 0.2) is 0 Å². The van der Waals surface area contributed by atoms with Crippen LogP contribution in [0.2, 0.25) is 5.02 Å². The van der Waals surface area contributed by atoms with Crippen LogP contribution in [0.4, 0.5) is 10.5 Å². The third kappa shape index (κ3) is 3.59. The molecule has 3 aromatic carbocycles. The highest BCUT2D eigenvalue weighted by Gasteiger charge is 2.52. The summed E-state index contributed by atoms with van der Waals surface area (Å²) in [6.45, 7) is 3.91. The first-order valence-corrected chi connectivity index (χ1v) is 10.3. The molecular weight excluding hydrogens is 396 g/mol. The first kappa shape index (κ1) is 20.2. The maximum absolute atomic E-state index is 13.3. The lowest BCUT2D eigenvalue weighted by Crippen LogP contribution is -2.43. The van der Waals surface area contributed by atoms with E-state index >= 15 is 0 Å². The van der Waals surface area contributed by atoms with Gasteiger partial charge in [-0.25, -0.2) is 9.69 Å². The van der Waals surface area contributed by atoms with E-state index in [0.29, 0.717) is 17.3 Å². The van der Waals surface area contributed by atoms with E-state index in [1.165, 1.54) is 10.5 Å². The van der Waals surface area contributed by atoms with E-state index < -0.39 is 5.54 Å². The molecule has 0 bridgehead atoms. The molecule has 152 valence electrons. The SMILES string of the molecule is CC1(C)C(=O)N(c2ccccc2Cl)C(=O)N1Cc1ccccc1Cc1ccccc1. The maximum Gasteiger partial charge on any atom is 0.332 e. The molecule has 0 aromatic heterocycles. The van der Waals surface area contributed by atoms with E-state index in [4.69, 9.17) is 11.6 Å². The number of carbonyl (C=O) groups is 2. The quantitative estimate of drug-likeness (QED) is 0.500. The van der Waals surface area contributed by atoms with Crippen LogP contribution in [0.1, 0.15) is 30.5 Å². The zero-order valence-electron chi connectivity index (χ0n) is 17.0. The van der Waals surface area contributed by atoms with Crippen LogP contribution in [-0.2, 0) is 17.8 Å². The van der Waals surface area contributed by atoms with Crippen molar-refractivity contribution in [3.05, 3.63) is 101 Å². The Kier molecular flexibility index (Phi) is 5.35. The summed E-state index contributed by atoms with van der Waals surface area (Å²) in [7, 11) is 0. The predicted molar refractivity (Wildman–Crippen MR) is 120 cm³/mol. The number of carbonyl (C=O) groups excluding carboxylic acids is 2. The molecule has 0 radical (unpaired) electrons. The van der Waals surface area contributed by atoms with Crippen molar-refractivity contribution in [3.8, 4) is 0 Å². The van der Waals surface area contributed by atoms with Crippen LogP contribution in [0.15, 0.2) is 78.9 Å². The molecule has 0 aliphatic carbocycles. The van der Waals surface area contributed by atoms with Crippen LogP contribution in [0.3, 0.4) is 0 Å². The van der Waals surface area contributed by atoms with Crippen molar-refractivity contribution in [2.24, 2.45) is 0 Å². The van der Waals surface area contributed by atoms with Crippen molar-refractivity contribution < 1.29 is 9.59 Å². The number of halogens is 1. The number of imide groups is 1. The standard InChI is InChI=1S/C25H23ClN2O2/c1-25(2)23(29)28(22-15-9-8-14-21(22)26)24(30)27(25)17-20-13-7-6-12-19(20)16-18-10-4-3-5-11-18/h3-15H,16-17H2,1-2H3. The zero-order valence-corrected chi connectivity index (χ0v) is 17.8. The number of nitrogens with zero attached hydrogens (tertiary/aromatic N) is 2. The summed E-state index contributed by atoms with van der Waals surface area (Å²) < 4.78 is 0. The molecule has 0 atom stereocenters. The number of benzene rings is 3. The van der Waals surface area contributed by atoms with Gasteiger partial charge < -0.3 is 4.90 Å². The number of urea groups is 1. The highest BCUT2D eigenvalue weighted by molar-refractivity contribution is 6.36. The Morgan fingerprint density at radius 3 is 2.10 bits per heavy atom. The second-order valence-electron chi connectivity index (χ2n) is 7.95. The number of anilines is 1. The molecule has 4 nitrogen and oxygen atoms in total. The molecule has 4 rings (SSSR count). The maximum atomic E-state index is 13.3. The van der Waals surface area contributed by atoms with Gasteiger partial charge in [-0.3, -0.25) is 4.79 Å². The molecule has 0 spiro atoms. The average Bonchev–Trinajstić information content (AvgIpc) is 2.90. The van der Waals surface area contributed by atoms with Crippen LogP contribution in [0, 0.1) is 0 Å².